The lowest BCUT2D eigenvalue weighted by Gasteiger charge is -2.12. The molecule has 0 unspecified atom stereocenters. The van der Waals surface area contributed by atoms with Crippen LogP contribution in [-0.4, -0.2) is 19.3 Å². The van der Waals surface area contributed by atoms with Gasteiger partial charge in [0.25, 0.3) is 0 Å². The molecule has 2 aromatic heterocycles. The summed E-state index contributed by atoms with van der Waals surface area (Å²) in [6, 6.07) is 1.66. The lowest BCUT2D eigenvalue weighted by Crippen LogP contribution is -2.13. The van der Waals surface area contributed by atoms with Gasteiger partial charge >= 0.3 is 0 Å². The lowest BCUT2D eigenvalue weighted by molar-refractivity contribution is 0.555. The highest BCUT2D eigenvalue weighted by Gasteiger charge is 2.19. The summed E-state index contributed by atoms with van der Waals surface area (Å²) in [5, 5.41) is 3.91. The maximum atomic E-state index is 5.58. The van der Waals surface area contributed by atoms with Crippen LogP contribution in [0.3, 0.4) is 0 Å². The predicted octanol–water partition coefficient (Wildman–Crippen LogP) is 1.82. The largest absolute Gasteiger partial charge is 0.384 e. The van der Waals surface area contributed by atoms with Crippen LogP contribution in [0, 0.1) is 0 Å². The third-order valence-corrected chi connectivity index (χ3v) is 2.89. The quantitative estimate of drug-likeness (QED) is 0.879. The van der Waals surface area contributed by atoms with E-state index in [-0.39, 0.29) is 5.41 Å². The number of anilines is 2. The molecule has 3 N–H and O–H groups in total. The molecule has 2 aromatic rings. The standard InChI is InChI=1S/C11H16N6S/c1-11(2,3)9-16-10(18-17-9)14-6-8-13-5-4-7(12)15-8/h4-5H,6H2,1-3H3,(H2,12,13,15)(H,14,16,17). The minimum Gasteiger partial charge on any atom is -0.384 e. The number of hydrogen-bond acceptors (Lipinski definition) is 7. The highest BCUT2D eigenvalue weighted by Crippen LogP contribution is 2.22. The van der Waals surface area contributed by atoms with E-state index in [0.717, 1.165) is 11.0 Å². The van der Waals surface area contributed by atoms with Crippen molar-refractivity contribution in [2.24, 2.45) is 0 Å². The van der Waals surface area contributed by atoms with Crippen LogP contribution >= 0.6 is 11.5 Å². The second-order valence-corrected chi connectivity index (χ2v) is 5.68. The van der Waals surface area contributed by atoms with E-state index in [4.69, 9.17) is 5.73 Å². The zero-order chi connectivity index (χ0) is 13.2. The molecule has 96 valence electrons. The molecular weight excluding hydrogens is 248 g/mol. The molecule has 0 aliphatic carbocycles. The van der Waals surface area contributed by atoms with Gasteiger partial charge in [-0.05, 0) is 6.07 Å². The molecule has 0 aliphatic heterocycles. The van der Waals surface area contributed by atoms with Crippen molar-refractivity contribution in [3.8, 4) is 0 Å². The summed E-state index contributed by atoms with van der Waals surface area (Å²) in [5.74, 6) is 1.94. The second kappa shape index (κ2) is 4.85. The van der Waals surface area contributed by atoms with Crippen molar-refractivity contribution in [2.75, 3.05) is 11.1 Å². The van der Waals surface area contributed by atoms with Gasteiger partial charge in [-0.15, -0.1) is 0 Å². The zero-order valence-electron chi connectivity index (χ0n) is 10.6. The normalized spacial score (nSPS) is 11.5. The fraction of sp³-hybridized carbons (Fsp3) is 0.455. The van der Waals surface area contributed by atoms with Crippen molar-refractivity contribution in [3.05, 3.63) is 23.9 Å². The van der Waals surface area contributed by atoms with Gasteiger partial charge in [-0.3, -0.25) is 0 Å². The van der Waals surface area contributed by atoms with E-state index < -0.39 is 0 Å². The topological polar surface area (TPSA) is 89.6 Å². The molecular formula is C11H16N6S. The Kier molecular flexibility index (Phi) is 3.42. The summed E-state index contributed by atoms with van der Waals surface area (Å²) in [6.07, 6.45) is 1.64. The van der Waals surface area contributed by atoms with Gasteiger partial charge in [0, 0.05) is 23.1 Å². The van der Waals surface area contributed by atoms with Crippen LogP contribution < -0.4 is 11.1 Å². The Morgan fingerprint density at radius 2 is 2.11 bits per heavy atom. The summed E-state index contributed by atoms with van der Waals surface area (Å²) in [5.41, 5.74) is 5.55. The molecule has 0 spiro atoms. The average molecular weight is 264 g/mol. The van der Waals surface area contributed by atoms with E-state index in [2.05, 4.69) is 45.4 Å². The van der Waals surface area contributed by atoms with Gasteiger partial charge < -0.3 is 11.1 Å². The third kappa shape index (κ3) is 3.13. The maximum Gasteiger partial charge on any atom is 0.202 e. The molecule has 6 nitrogen and oxygen atoms in total. The molecule has 0 saturated carbocycles. The first-order valence-electron chi connectivity index (χ1n) is 5.60. The molecule has 0 atom stereocenters. The van der Waals surface area contributed by atoms with Gasteiger partial charge in [0.15, 0.2) is 0 Å². The highest BCUT2D eigenvalue weighted by atomic mass is 32.1. The SMILES string of the molecule is CC(C)(C)c1nsc(NCc2nccc(N)n2)n1. The van der Waals surface area contributed by atoms with Crippen molar-refractivity contribution >= 4 is 22.5 Å². The van der Waals surface area contributed by atoms with E-state index >= 15 is 0 Å². The lowest BCUT2D eigenvalue weighted by atomic mass is 9.96. The first-order valence-corrected chi connectivity index (χ1v) is 6.38. The number of aromatic nitrogens is 4. The van der Waals surface area contributed by atoms with Crippen LogP contribution in [0.2, 0.25) is 0 Å². The summed E-state index contributed by atoms with van der Waals surface area (Å²) in [4.78, 5) is 12.6. The number of nitrogen functional groups attached to an aromatic ring is 1. The summed E-state index contributed by atoms with van der Waals surface area (Å²) in [6.45, 7) is 6.74. The van der Waals surface area contributed by atoms with Crippen LogP contribution in [0.4, 0.5) is 10.9 Å². The van der Waals surface area contributed by atoms with E-state index in [0.29, 0.717) is 18.2 Å². The summed E-state index contributed by atoms with van der Waals surface area (Å²) in [7, 11) is 0. The van der Waals surface area contributed by atoms with Crippen LogP contribution in [0.25, 0.3) is 0 Å². The van der Waals surface area contributed by atoms with Crippen molar-refractivity contribution in [3.63, 3.8) is 0 Å². The molecule has 0 aromatic carbocycles. The van der Waals surface area contributed by atoms with Crippen molar-refractivity contribution in [1.29, 1.82) is 0 Å². The highest BCUT2D eigenvalue weighted by molar-refractivity contribution is 7.09. The molecule has 0 radical (unpaired) electrons. The Morgan fingerprint density at radius 1 is 1.33 bits per heavy atom. The summed E-state index contributed by atoms with van der Waals surface area (Å²) >= 11 is 1.34. The fourth-order valence-corrected chi connectivity index (χ4v) is 2.01. The molecule has 0 aliphatic rings. The average Bonchev–Trinajstić information content (AvgIpc) is 2.74. The van der Waals surface area contributed by atoms with Gasteiger partial charge in [-0.1, -0.05) is 20.8 Å². The number of nitrogens with two attached hydrogens (primary N) is 1. The minimum atomic E-state index is -0.0376. The molecule has 7 heteroatoms. The van der Waals surface area contributed by atoms with Gasteiger partial charge in [0.2, 0.25) is 5.13 Å². The molecule has 0 fully saturated rings. The van der Waals surface area contributed by atoms with E-state index in [1.54, 1.807) is 12.3 Å². The second-order valence-electron chi connectivity index (χ2n) is 4.92. The summed E-state index contributed by atoms with van der Waals surface area (Å²) < 4.78 is 4.32. The molecule has 0 amide bonds. The number of hydrogen-bond donors (Lipinski definition) is 2. The van der Waals surface area contributed by atoms with Gasteiger partial charge in [-0.25, -0.2) is 15.0 Å². The Bertz CT molecular complexity index is 530. The molecule has 2 rings (SSSR count). The Hall–Kier alpha value is -1.76. The fourth-order valence-electron chi connectivity index (χ4n) is 1.25. The smallest absolute Gasteiger partial charge is 0.202 e. The Morgan fingerprint density at radius 3 is 2.72 bits per heavy atom. The Labute approximate surface area is 110 Å². The van der Waals surface area contributed by atoms with Crippen molar-refractivity contribution in [2.45, 2.75) is 32.7 Å². The van der Waals surface area contributed by atoms with Gasteiger partial charge in [0.05, 0.1) is 6.54 Å². The van der Waals surface area contributed by atoms with Crippen LogP contribution in [0.1, 0.15) is 32.4 Å². The number of nitrogens with zero attached hydrogens (tertiary/aromatic N) is 4. The van der Waals surface area contributed by atoms with Crippen molar-refractivity contribution in [1.82, 2.24) is 19.3 Å². The minimum absolute atomic E-state index is 0.0376. The molecule has 0 bridgehead atoms. The molecule has 2 heterocycles. The number of rotatable bonds is 3. The van der Waals surface area contributed by atoms with E-state index in [1.165, 1.54) is 11.5 Å². The van der Waals surface area contributed by atoms with Crippen LogP contribution in [-0.2, 0) is 12.0 Å². The van der Waals surface area contributed by atoms with Gasteiger partial charge in [0.1, 0.15) is 17.5 Å². The van der Waals surface area contributed by atoms with Crippen molar-refractivity contribution < 1.29 is 0 Å². The third-order valence-electron chi connectivity index (χ3n) is 2.22. The maximum absolute atomic E-state index is 5.58. The molecule has 0 saturated heterocycles. The first-order chi connectivity index (χ1) is 8.45. The monoisotopic (exact) mass is 264 g/mol. The molecule has 18 heavy (non-hydrogen) atoms. The predicted molar refractivity (Wildman–Crippen MR) is 72.4 cm³/mol. The Balaban J connectivity index is 2.01. The van der Waals surface area contributed by atoms with Crippen LogP contribution in [0.15, 0.2) is 12.3 Å². The van der Waals surface area contributed by atoms with Crippen LogP contribution in [0.5, 0.6) is 0 Å². The van der Waals surface area contributed by atoms with E-state index in [9.17, 15) is 0 Å². The first kappa shape index (κ1) is 12.7. The zero-order valence-corrected chi connectivity index (χ0v) is 11.5. The number of nitrogens with one attached hydrogen (secondary N) is 1. The van der Waals surface area contributed by atoms with E-state index in [1.807, 2.05) is 0 Å². The van der Waals surface area contributed by atoms with Gasteiger partial charge in [-0.2, -0.15) is 4.37 Å².